The number of allylic oxidation sites excluding steroid dienone is 6. The number of hydrogen-bond donors (Lipinski definition) is 0. The lowest BCUT2D eigenvalue weighted by Crippen LogP contribution is -2.39. The molecule has 0 N–H and O–H groups in total. The van der Waals surface area contributed by atoms with Crippen LogP contribution in [0.2, 0.25) is 0 Å². The molecule has 2 heterocycles. The van der Waals surface area contributed by atoms with Crippen molar-refractivity contribution in [3.8, 4) is 0 Å². The lowest BCUT2D eigenvalue weighted by Gasteiger charge is -2.37. The molecule has 1 aliphatic carbocycles. The molecule has 188 valence electrons. The molecule has 2 aliphatic rings. The Bertz CT molecular complexity index is 1230. The van der Waals surface area contributed by atoms with E-state index in [1.54, 1.807) is 66.0 Å². The van der Waals surface area contributed by atoms with Crippen molar-refractivity contribution in [3.05, 3.63) is 107 Å². The summed E-state index contributed by atoms with van der Waals surface area (Å²) in [7, 11) is 0. The molecule has 1 aromatic carbocycles. The number of halogens is 7. The fraction of sp³-hybridized carbons (Fsp3) is 0.231. The normalized spacial score (nSPS) is 22.3. The largest absolute Gasteiger partial charge is 0.416 e. The molecule has 0 bridgehead atoms. The summed E-state index contributed by atoms with van der Waals surface area (Å²) in [6.45, 7) is -0.171. The van der Waals surface area contributed by atoms with Gasteiger partial charge in [-0.15, -0.1) is 11.6 Å². The second-order valence-corrected chi connectivity index (χ2v) is 9.11. The first-order valence-electron chi connectivity index (χ1n) is 10.8. The SMILES string of the molecule is O=CC1C=CC=CC1(Cl)C1=CC(c2ccncc2)=CN(Cc2cc(C(F)(F)F)cc(C(F)(F)F)c2)C1. The molecule has 0 spiro atoms. The Labute approximate surface area is 208 Å². The monoisotopic (exact) mass is 524 g/mol. The highest BCUT2D eigenvalue weighted by molar-refractivity contribution is 6.29. The number of carbonyl (C=O) groups is 1. The highest BCUT2D eigenvalue weighted by Crippen LogP contribution is 2.42. The third-order valence-electron chi connectivity index (χ3n) is 5.96. The number of aldehydes is 1. The molecule has 0 fully saturated rings. The van der Waals surface area contributed by atoms with Crippen molar-refractivity contribution in [2.75, 3.05) is 6.54 Å². The predicted octanol–water partition coefficient (Wildman–Crippen LogP) is 6.82. The average molecular weight is 525 g/mol. The third-order valence-corrected chi connectivity index (χ3v) is 6.58. The van der Waals surface area contributed by atoms with Gasteiger partial charge in [0.2, 0.25) is 0 Å². The van der Waals surface area contributed by atoms with E-state index in [-0.39, 0.29) is 24.7 Å². The van der Waals surface area contributed by atoms with E-state index in [0.29, 0.717) is 35.1 Å². The Morgan fingerprint density at radius 2 is 1.67 bits per heavy atom. The van der Waals surface area contributed by atoms with Gasteiger partial charge in [0.25, 0.3) is 0 Å². The maximum absolute atomic E-state index is 13.4. The van der Waals surface area contributed by atoms with Gasteiger partial charge >= 0.3 is 12.4 Å². The first-order chi connectivity index (χ1) is 16.9. The maximum Gasteiger partial charge on any atom is 0.416 e. The summed E-state index contributed by atoms with van der Waals surface area (Å²) in [6, 6.07) is 4.95. The summed E-state index contributed by atoms with van der Waals surface area (Å²) in [5.41, 5.74) is -1.03. The van der Waals surface area contributed by atoms with Crippen molar-refractivity contribution in [2.24, 2.45) is 5.92 Å². The highest BCUT2D eigenvalue weighted by Gasteiger charge is 2.40. The van der Waals surface area contributed by atoms with E-state index >= 15 is 0 Å². The van der Waals surface area contributed by atoms with Crippen LogP contribution in [0.1, 0.15) is 22.3 Å². The summed E-state index contributed by atoms with van der Waals surface area (Å²) >= 11 is 6.91. The van der Waals surface area contributed by atoms with Crippen molar-refractivity contribution >= 4 is 23.5 Å². The van der Waals surface area contributed by atoms with Crippen LogP contribution in [-0.4, -0.2) is 27.6 Å². The minimum Gasteiger partial charge on any atom is -0.368 e. The second-order valence-electron chi connectivity index (χ2n) is 8.48. The summed E-state index contributed by atoms with van der Waals surface area (Å²) in [5.74, 6) is -0.709. The molecule has 2 aromatic rings. The molecule has 2 unspecified atom stereocenters. The molecular weight excluding hydrogens is 506 g/mol. The van der Waals surface area contributed by atoms with Crippen LogP contribution in [0.15, 0.2) is 84.9 Å². The van der Waals surface area contributed by atoms with Gasteiger partial charge in [-0.3, -0.25) is 4.98 Å². The number of alkyl halides is 7. The number of aromatic nitrogens is 1. The van der Waals surface area contributed by atoms with Gasteiger partial charge in [0.1, 0.15) is 6.29 Å². The summed E-state index contributed by atoms with van der Waals surface area (Å²) in [5, 5.41) is 0. The van der Waals surface area contributed by atoms with Gasteiger partial charge < -0.3 is 9.69 Å². The van der Waals surface area contributed by atoms with Crippen LogP contribution in [0, 0.1) is 5.92 Å². The zero-order valence-electron chi connectivity index (χ0n) is 18.5. The van der Waals surface area contributed by atoms with Crippen LogP contribution in [-0.2, 0) is 23.7 Å². The van der Waals surface area contributed by atoms with E-state index in [1.165, 1.54) is 0 Å². The van der Waals surface area contributed by atoms with E-state index in [4.69, 9.17) is 11.6 Å². The quantitative estimate of drug-likeness (QED) is 0.244. The lowest BCUT2D eigenvalue weighted by atomic mass is 9.80. The Balaban J connectivity index is 1.76. The molecule has 0 saturated heterocycles. The first kappa shape index (κ1) is 25.8. The van der Waals surface area contributed by atoms with E-state index < -0.39 is 34.3 Å². The lowest BCUT2D eigenvalue weighted by molar-refractivity contribution is -0.143. The van der Waals surface area contributed by atoms with E-state index in [1.807, 2.05) is 0 Å². The van der Waals surface area contributed by atoms with Crippen LogP contribution in [0.4, 0.5) is 26.3 Å². The van der Waals surface area contributed by atoms with Crippen LogP contribution in [0.5, 0.6) is 0 Å². The van der Waals surface area contributed by atoms with Crippen LogP contribution in [0.3, 0.4) is 0 Å². The topological polar surface area (TPSA) is 33.2 Å². The van der Waals surface area contributed by atoms with Gasteiger partial charge in [0.15, 0.2) is 0 Å². The summed E-state index contributed by atoms with van der Waals surface area (Å²) in [4.78, 5) is 16.1. The Morgan fingerprint density at radius 3 is 2.25 bits per heavy atom. The van der Waals surface area contributed by atoms with E-state index in [9.17, 15) is 31.1 Å². The number of nitrogens with zero attached hydrogens (tertiary/aromatic N) is 2. The molecular formula is C26H19ClF6N2O. The Hall–Kier alpha value is -3.33. The zero-order chi connectivity index (χ0) is 26.1. The van der Waals surface area contributed by atoms with Crippen molar-refractivity contribution in [1.29, 1.82) is 0 Å². The van der Waals surface area contributed by atoms with Crippen LogP contribution in [0.25, 0.3) is 5.57 Å². The van der Waals surface area contributed by atoms with Gasteiger partial charge in [-0.1, -0.05) is 24.3 Å². The van der Waals surface area contributed by atoms with E-state index in [2.05, 4.69) is 4.98 Å². The van der Waals surface area contributed by atoms with Gasteiger partial charge in [0, 0.05) is 31.7 Å². The molecule has 0 radical (unpaired) electrons. The number of benzene rings is 1. The summed E-state index contributed by atoms with van der Waals surface area (Å²) < 4.78 is 80.2. The molecule has 10 heteroatoms. The maximum atomic E-state index is 13.4. The molecule has 36 heavy (non-hydrogen) atoms. The standard InChI is InChI=1S/C26H19ClF6N2O/c27-24(6-2-1-3-20(24)16-36)23-11-19(18-4-7-34-8-5-18)14-35(15-23)13-17-9-21(25(28,29)30)12-22(10-17)26(31,32)33/h1-12,14,16,20H,13,15H2. The van der Waals surface area contributed by atoms with Gasteiger partial charge in [-0.25, -0.2) is 0 Å². The van der Waals surface area contributed by atoms with Crippen molar-refractivity contribution < 1.29 is 31.1 Å². The average Bonchev–Trinajstić information content (AvgIpc) is 2.83. The molecule has 1 aromatic heterocycles. The fourth-order valence-electron chi connectivity index (χ4n) is 4.21. The van der Waals surface area contributed by atoms with Crippen molar-refractivity contribution in [1.82, 2.24) is 9.88 Å². The minimum absolute atomic E-state index is 0.0815. The van der Waals surface area contributed by atoms with Crippen LogP contribution < -0.4 is 0 Å². The highest BCUT2D eigenvalue weighted by atomic mass is 35.5. The van der Waals surface area contributed by atoms with Gasteiger partial charge in [-0.05, 0) is 58.7 Å². The van der Waals surface area contributed by atoms with Crippen molar-refractivity contribution in [2.45, 2.75) is 23.8 Å². The third kappa shape index (κ3) is 5.41. The molecule has 4 rings (SSSR count). The summed E-state index contributed by atoms with van der Waals surface area (Å²) in [6.07, 6.45) is 4.00. The molecule has 1 aliphatic heterocycles. The first-order valence-corrected chi connectivity index (χ1v) is 11.1. The predicted molar refractivity (Wildman–Crippen MR) is 124 cm³/mol. The van der Waals surface area contributed by atoms with Gasteiger partial charge in [-0.2, -0.15) is 26.3 Å². The number of rotatable bonds is 5. The number of carbonyl (C=O) groups excluding carboxylic acids is 1. The van der Waals surface area contributed by atoms with E-state index in [0.717, 1.165) is 0 Å². The smallest absolute Gasteiger partial charge is 0.368 e. The van der Waals surface area contributed by atoms with Crippen LogP contribution >= 0.6 is 11.6 Å². The zero-order valence-corrected chi connectivity index (χ0v) is 19.3. The second kappa shape index (κ2) is 9.61. The molecule has 3 nitrogen and oxygen atoms in total. The number of pyridine rings is 1. The number of hydrogen-bond acceptors (Lipinski definition) is 3. The van der Waals surface area contributed by atoms with Crippen molar-refractivity contribution in [3.63, 3.8) is 0 Å². The minimum atomic E-state index is -4.95. The molecule has 0 saturated carbocycles. The fourth-order valence-corrected chi connectivity index (χ4v) is 4.52. The Kier molecular flexibility index (Phi) is 6.88. The molecule has 2 atom stereocenters. The Morgan fingerprint density at radius 1 is 1.03 bits per heavy atom. The van der Waals surface area contributed by atoms with Gasteiger partial charge in [0.05, 0.1) is 21.9 Å². The molecule has 0 amide bonds.